The zero-order valence-corrected chi connectivity index (χ0v) is 14.7. The van der Waals surface area contributed by atoms with Crippen LogP contribution in [0.25, 0.3) is 10.6 Å². The van der Waals surface area contributed by atoms with E-state index in [0.29, 0.717) is 21.9 Å². The molecule has 2 heterocycles. The van der Waals surface area contributed by atoms with Crippen molar-refractivity contribution < 1.29 is 14.0 Å². The SMILES string of the molecule is O=C(NC1CC2(CCC2)NC1=O)c1cnc(-c2cc(F)cc(Cl)c2)s1. The van der Waals surface area contributed by atoms with Crippen LogP contribution in [0.4, 0.5) is 4.39 Å². The Morgan fingerprint density at radius 2 is 2.20 bits per heavy atom. The van der Waals surface area contributed by atoms with Crippen molar-refractivity contribution in [1.29, 1.82) is 0 Å². The topological polar surface area (TPSA) is 71.1 Å². The van der Waals surface area contributed by atoms with Crippen LogP contribution in [-0.2, 0) is 4.79 Å². The second-order valence-corrected chi connectivity index (χ2v) is 8.01. The van der Waals surface area contributed by atoms with Crippen molar-refractivity contribution in [2.45, 2.75) is 37.3 Å². The highest BCUT2D eigenvalue weighted by Gasteiger charge is 2.48. The molecule has 25 heavy (non-hydrogen) atoms. The summed E-state index contributed by atoms with van der Waals surface area (Å²) in [4.78, 5) is 29.0. The Morgan fingerprint density at radius 3 is 2.84 bits per heavy atom. The minimum atomic E-state index is -0.512. The third-order valence-corrected chi connectivity index (χ3v) is 6.02. The third kappa shape index (κ3) is 3.14. The van der Waals surface area contributed by atoms with E-state index >= 15 is 0 Å². The number of nitrogens with one attached hydrogen (secondary N) is 2. The monoisotopic (exact) mass is 379 g/mol. The van der Waals surface area contributed by atoms with Crippen LogP contribution in [0.5, 0.6) is 0 Å². The van der Waals surface area contributed by atoms with Gasteiger partial charge < -0.3 is 10.6 Å². The number of carbonyl (C=O) groups is 2. The molecular weight excluding hydrogens is 365 g/mol. The van der Waals surface area contributed by atoms with Gasteiger partial charge in [0.1, 0.15) is 21.7 Å². The van der Waals surface area contributed by atoms with Crippen LogP contribution in [0, 0.1) is 5.82 Å². The number of nitrogens with zero attached hydrogens (tertiary/aromatic N) is 1. The molecule has 1 aromatic carbocycles. The first-order valence-corrected chi connectivity index (χ1v) is 9.19. The van der Waals surface area contributed by atoms with E-state index in [1.165, 1.54) is 18.3 Å². The van der Waals surface area contributed by atoms with Gasteiger partial charge in [-0.25, -0.2) is 9.37 Å². The number of thiazole rings is 1. The highest BCUT2D eigenvalue weighted by Crippen LogP contribution is 2.39. The number of amides is 2. The fourth-order valence-corrected chi connectivity index (χ4v) is 4.38. The molecule has 4 rings (SSSR count). The molecule has 1 unspecified atom stereocenters. The molecule has 2 aliphatic rings. The molecule has 1 aliphatic heterocycles. The van der Waals surface area contributed by atoms with Crippen LogP contribution in [-0.4, -0.2) is 28.4 Å². The van der Waals surface area contributed by atoms with Crippen molar-refractivity contribution in [2.24, 2.45) is 0 Å². The van der Waals surface area contributed by atoms with E-state index in [9.17, 15) is 14.0 Å². The molecule has 2 amide bonds. The predicted molar refractivity (Wildman–Crippen MR) is 93.1 cm³/mol. The van der Waals surface area contributed by atoms with Crippen LogP contribution in [0.2, 0.25) is 5.02 Å². The lowest BCUT2D eigenvalue weighted by molar-refractivity contribution is -0.121. The second-order valence-electron chi connectivity index (χ2n) is 6.54. The number of halogens is 2. The maximum absolute atomic E-state index is 13.5. The minimum absolute atomic E-state index is 0.119. The number of hydrogen-bond acceptors (Lipinski definition) is 4. The van der Waals surface area contributed by atoms with Crippen LogP contribution >= 0.6 is 22.9 Å². The molecule has 5 nitrogen and oxygen atoms in total. The van der Waals surface area contributed by atoms with Crippen LogP contribution < -0.4 is 10.6 Å². The largest absolute Gasteiger partial charge is 0.349 e. The molecule has 2 fully saturated rings. The van der Waals surface area contributed by atoms with Crippen molar-refractivity contribution >= 4 is 34.8 Å². The number of rotatable bonds is 3. The molecule has 0 bridgehead atoms. The Balaban J connectivity index is 1.48. The summed E-state index contributed by atoms with van der Waals surface area (Å²) in [5.74, 6) is -0.936. The number of hydrogen-bond donors (Lipinski definition) is 2. The Labute approximate surface area is 152 Å². The molecule has 1 aromatic heterocycles. The predicted octanol–water partition coefficient (Wildman–Crippen LogP) is 3.14. The Hall–Kier alpha value is -1.99. The molecule has 130 valence electrons. The first-order chi connectivity index (χ1) is 11.9. The first-order valence-electron chi connectivity index (χ1n) is 7.99. The normalized spacial score (nSPS) is 21.0. The molecule has 1 saturated carbocycles. The summed E-state index contributed by atoms with van der Waals surface area (Å²) < 4.78 is 13.5. The fourth-order valence-electron chi connectivity index (χ4n) is 3.35. The van der Waals surface area contributed by atoms with Crippen molar-refractivity contribution in [3.05, 3.63) is 40.1 Å². The van der Waals surface area contributed by atoms with E-state index in [-0.39, 0.29) is 22.4 Å². The van der Waals surface area contributed by atoms with Crippen LogP contribution in [0.3, 0.4) is 0 Å². The van der Waals surface area contributed by atoms with Crippen molar-refractivity contribution in [3.8, 4) is 10.6 Å². The van der Waals surface area contributed by atoms with E-state index in [0.717, 1.165) is 30.6 Å². The summed E-state index contributed by atoms with van der Waals surface area (Å²) in [6, 6.07) is 3.61. The zero-order chi connectivity index (χ0) is 17.6. The first kappa shape index (κ1) is 16.5. The van der Waals surface area contributed by atoms with E-state index < -0.39 is 11.9 Å². The van der Waals surface area contributed by atoms with Crippen molar-refractivity contribution in [3.63, 3.8) is 0 Å². The summed E-state index contributed by atoms with van der Waals surface area (Å²) >= 11 is 6.99. The highest BCUT2D eigenvalue weighted by atomic mass is 35.5. The lowest BCUT2D eigenvalue weighted by atomic mass is 9.75. The zero-order valence-electron chi connectivity index (χ0n) is 13.1. The summed E-state index contributed by atoms with van der Waals surface area (Å²) in [7, 11) is 0. The van der Waals surface area contributed by atoms with Gasteiger partial charge in [0.05, 0.1) is 6.20 Å². The maximum Gasteiger partial charge on any atom is 0.263 e. The van der Waals surface area contributed by atoms with Gasteiger partial charge in [-0.2, -0.15) is 0 Å². The maximum atomic E-state index is 13.5. The van der Waals surface area contributed by atoms with Gasteiger partial charge in [0.15, 0.2) is 0 Å². The van der Waals surface area contributed by atoms with Gasteiger partial charge in [-0.05, 0) is 43.9 Å². The van der Waals surface area contributed by atoms with E-state index in [1.807, 2.05) is 0 Å². The summed E-state index contributed by atoms with van der Waals surface area (Å²) in [5, 5.41) is 6.54. The molecule has 2 aromatic rings. The third-order valence-electron chi connectivity index (χ3n) is 4.75. The smallest absolute Gasteiger partial charge is 0.263 e. The van der Waals surface area contributed by atoms with Gasteiger partial charge in [0.2, 0.25) is 5.91 Å². The average molecular weight is 380 g/mol. The quantitative estimate of drug-likeness (QED) is 0.860. The van der Waals surface area contributed by atoms with Gasteiger partial charge in [-0.3, -0.25) is 9.59 Å². The summed E-state index contributed by atoms with van der Waals surface area (Å²) in [5.41, 5.74) is 0.396. The number of carbonyl (C=O) groups excluding carboxylic acids is 2. The van der Waals surface area contributed by atoms with Crippen LogP contribution in [0.15, 0.2) is 24.4 Å². The average Bonchev–Trinajstić information content (AvgIpc) is 3.11. The Morgan fingerprint density at radius 1 is 1.40 bits per heavy atom. The van der Waals surface area contributed by atoms with Gasteiger partial charge in [-0.15, -0.1) is 11.3 Å². The molecule has 1 aliphatic carbocycles. The number of benzene rings is 1. The Kier molecular flexibility index (Phi) is 4.00. The lowest BCUT2D eigenvalue weighted by Crippen LogP contribution is -2.47. The fraction of sp³-hybridized carbons (Fsp3) is 0.353. The molecule has 1 atom stereocenters. The van der Waals surface area contributed by atoms with Crippen molar-refractivity contribution in [1.82, 2.24) is 15.6 Å². The van der Waals surface area contributed by atoms with E-state index in [1.54, 1.807) is 6.07 Å². The molecular formula is C17H15ClFN3O2S. The Bertz CT molecular complexity index is 845. The second kappa shape index (κ2) is 6.07. The van der Waals surface area contributed by atoms with Crippen LogP contribution in [0.1, 0.15) is 35.4 Å². The van der Waals surface area contributed by atoms with Crippen molar-refractivity contribution in [2.75, 3.05) is 0 Å². The van der Waals surface area contributed by atoms with Gasteiger partial charge in [0.25, 0.3) is 5.91 Å². The number of aromatic nitrogens is 1. The summed E-state index contributed by atoms with van der Waals surface area (Å²) in [6.07, 6.45) is 5.10. The van der Waals surface area contributed by atoms with Gasteiger partial charge in [0, 0.05) is 16.1 Å². The van der Waals surface area contributed by atoms with Gasteiger partial charge in [-0.1, -0.05) is 11.6 Å². The molecule has 1 saturated heterocycles. The standard InChI is InChI=1S/C17H15ClFN3O2S/c18-10-4-9(5-11(19)6-10)16-20-8-13(25-16)15(24)21-12-7-17(2-1-3-17)22-14(12)23/h4-6,8,12H,1-3,7H2,(H,21,24)(H,22,23). The molecule has 8 heteroatoms. The van der Waals surface area contributed by atoms with E-state index in [4.69, 9.17) is 11.6 Å². The van der Waals surface area contributed by atoms with Gasteiger partial charge >= 0.3 is 0 Å². The van der Waals surface area contributed by atoms with E-state index in [2.05, 4.69) is 15.6 Å². The summed E-state index contributed by atoms with van der Waals surface area (Å²) in [6.45, 7) is 0. The minimum Gasteiger partial charge on any atom is -0.349 e. The highest BCUT2D eigenvalue weighted by molar-refractivity contribution is 7.16. The molecule has 2 N–H and O–H groups in total. The lowest BCUT2D eigenvalue weighted by Gasteiger charge is -2.37. The molecule has 1 spiro atoms. The molecule has 0 radical (unpaired) electrons.